The third-order valence-electron chi connectivity index (χ3n) is 3.80. The van der Waals surface area contributed by atoms with Crippen LogP contribution in [0.4, 0.5) is 4.39 Å². The molecule has 0 N–H and O–H groups in total. The highest BCUT2D eigenvalue weighted by Gasteiger charge is 2.27. The first kappa shape index (κ1) is 13.2. The van der Waals surface area contributed by atoms with Gasteiger partial charge in [0.1, 0.15) is 12.1 Å². The number of nitrogens with zero attached hydrogens (tertiary/aromatic N) is 1. The molecule has 0 aromatic heterocycles. The van der Waals surface area contributed by atoms with E-state index in [2.05, 4.69) is 4.90 Å². The van der Waals surface area contributed by atoms with Gasteiger partial charge in [0.2, 0.25) is 0 Å². The smallest absolute Gasteiger partial charge is 0.136 e. The number of rotatable bonds is 5. The minimum absolute atomic E-state index is 0.00464. The molecule has 2 nitrogen and oxygen atoms in total. The molecule has 2 rings (SSSR count). The second-order valence-electron chi connectivity index (χ2n) is 5.08. The highest BCUT2D eigenvalue weighted by Crippen LogP contribution is 2.23. The minimum Gasteiger partial charge on any atom is -0.302 e. The van der Waals surface area contributed by atoms with Gasteiger partial charge in [-0.1, -0.05) is 12.1 Å². The van der Waals surface area contributed by atoms with Crippen molar-refractivity contribution in [1.82, 2.24) is 4.90 Å². The zero-order chi connectivity index (χ0) is 13.0. The summed E-state index contributed by atoms with van der Waals surface area (Å²) in [5.74, 6) is -0.169. The maximum atomic E-state index is 13.1. The Bertz CT molecular complexity index is 407. The highest BCUT2D eigenvalue weighted by molar-refractivity contribution is 5.56. The summed E-state index contributed by atoms with van der Waals surface area (Å²) < 4.78 is 13.1. The molecule has 0 saturated carbocycles. The van der Waals surface area contributed by atoms with Gasteiger partial charge in [0.15, 0.2) is 0 Å². The molecular weight excluding hydrogens is 229 g/mol. The molecule has 2 atom stereocenters. The van der Waals surface area contributed by atoms with E-state index in [9.17, 15) is 9.18 Å². The molecule has 0 amide bonds. The Morgan fingerprint density at radius 2 is 2.39 bits per heavy atom. The molecule has 1 aromatic carbocycles. The lowest BCUT2D eigenvalue weighted by atomic mass is 10.0. The minimum atomic E-state index is -0.169. The number of likely N-dealkylation sites (tertiary alicyclic amines) is 1. The summed E-state index contributed by atoms with van der Waals surface area (Å²) in [6, 6.07) is 7.26. The van der Waals surface area contributed by atoms with Crippen LogP contribution < -0.4 is 0 Å². The van der Waals surface area contributed by atoms with Crippen molar-refractivity contribution in [3.63, 3.8) is 0 Å². The second-order valence-corrected chi connectivity index (χ2v) is 5.08. The number of aldehydes is 1. The summed E-state index contributed by atoms with van der Waals surface area (Å²) in [5, 5.41) is 0. The zero-order valence-electron chi connectivity index (χ0n) is 10.8. The first-order valence-corrected chi connectivity index (χ1v) is 6.66. The molecule has 0 spiro atoms. The van der Waals surface area contributed by atoms with Gasteiger partial charge in [-0.3, -0.25) is 4.90 Å². The van der Waals surface area contributed by atoms with E-state index in [1.807, 2.05) is 13.0 Å². The molecule has 1 aliphatic rings. The van der Waals surface area contributed by atoms with Crippen molar-refractivity contribution in [3.8, 4) is 0 Å². The van der Waals surface area contributed by atoms with Gasteiger partial charge in [0, 0.05) is 6.04 Å². The number of aryl methyl sites for hydroxylation is 1. The predicted molar refractivity (Wildman–Crippen MR) is 70.0 cm³/mol. The topological polar surface area (TPSA) is 20.3 Å². The lowest BCUT2D eigenvalue weighted by Crippen LogP contribution is -2.38. The second kappa shape index (κ2) is 6.10. The van der Waals surface area contributed by atoms with Crippen LogP contribution in [0, 0.1) is 5.82 Å². The lowest BCUT2D eigenvalue weighted by molar-refractivity contribution is -0.112. The summed E-state index contributed by atoms with van der Waals surface area (Å²) in [7, 11) is 0. The van der Waals surface area contributed by atoms with Crippen LogP contribution in [0.3, 0.4) is 0 Å². The van der Waals surface area contributed by atoms with Gasteiger partial charge in [-0.25, -0.2) is 4.39 Å². The van der Waals surface area contributed by atoms with Crippen LogP contribution in [0.5, 0.6) is 0 Å². The summed E-state index contributed by atoms with van der Waals surface area (Å²) in [6.45, 7) is 2.96. The molecule has 1 heterocycles. The molecular formula is C15H20FNO. The van der Waals surface area contributed by atoms with Gasteiger partial charge in [-0.05, 0) is 56.8 Å². The molecule has 0 aliphatic carbocycles. The Morgan fingerprint density at radius 1 is 1.56 bits per heavy atom. The van der Waals surface area contributed by atoms with Gasteiger partial charge in [0.25, 0.3) is 0 Å². The number of halogens is 1. The van der Waals surface area contributed by atoms with Crippen LogP contribution in [0.2, 0.25) is 0 Å². The van der Waals surface area contributed by atoms with Crippen molar-refractivity contribution in [2.75, 3.05) is 6.54 Å². The van der Waals surface area contributed by atoms with Gasteiger partial charge >= 0.3 is 0 Å². The summed E-state index contributed by atoms with van der Waals surface area (Å²) in [4.78, 5) is 13.1. The number of carbonyl (C=O) groups excluding carboxylic acids is 1. The number of hydrogen-bond acceptors (Lipinski definition) is 2. The maximum absolute atomic E-state index is 13.1. The predicted octanol–water partition coefficient (Wildman–Crippen LogP) is 2.81. The summed E-state index contributed by atoms with van der Waals surface area (Å²) in [6.07, 6.45) is 5.20. The fraction of sp³-hybridized carbons (Fsp3) is 0.533. The lowest BCUT2D eigenvalue weighted by Gasteiger charge is -2.27. The largest absolute Gasteiger partial charge is 0.302 e. The van der Waals surface area contributed by atoms with E-state index in [0.717, 1.165) is 44.1 Å². The summed E-state index contributed by atoms with van der Waals surface area (Å²) in [5.41, 5.74) is 1.04. The number of benzene rings is 1. The van der Waals surface area contributed by atoms with Gasteiger partial charge in [-0.15, -0.1) is 0 Å². The van der Waals surface area contributed by atoms with Crippen molar-refractivity contribution in [3.05, 3.63) is 35.6 Å². The van der Waals surface area contributed by atoms with Crippen molar-refractivity contribution < 1.29 is 9.18 Å². The van der Waals surface area contributed by atoms with E-state index in [1.165, 1.54) is 6.07 Å². The van der Waals surface area contributed by atoms with Gasteiger partial charge in [-0.2, -0.15) is 0 Å². The molecule has 1 fully saturated rings. The van der Waals surface area contributed by atoms with E-state index in [-0.39, 0.29) is 11.9 Å². The molecule has 0 bridgehead atoms. The molecule has 1 aromatic rings. The molecule has 3 heteroatoms. The van der Waals surface area contributed by atoms with Crippen LogP contribution in [0.1, 0.15) is 31.7 Å². The summed E-state index contributed by atoms with van der Waals surface area (Å²) >= 11 is 0. The average Bonchev–Trinajstić information content (AvgIpc) is 2.84. The van der Waals surface area contributed by atoms with Crippen molar-refractivity contribution in [2.24, 2.45) is 0 Å². The Morgan fingerprint density at radius 3 is 3.11 bits per heavy atom. The Balaban J connectivity index is 1.91. The first-order chi connectivity index (χ1) is 8.70. The van der Waals surface area contributed by atoms with E-state index >= 15 is 0 Å². The fourth-order valence-electron chi connectivity index (χ4n) is 2.81. The van der Waals surface area contributed by atoms with E-state index < -0.39 is 0 Å². The third kappa shape index (κ3) is 3.16. The number of carbonyl (C=O) groups is 1. The van der Waals surface area contributed by atoms with Crippen LogP contribution >= 0.6 is 0 Å². The van der Waals surface area contributed by atoms with Crippen LogP contribution in [0.25, 0.3) is 0 Å². The third-order valence-corrected chi connectivity index (χ3v) is 3.80. The normalized spacial score (nSPS) is 22.0. The van der Waals surface area contributed by atoms with Gasteiger partial charge in [0.05, 0.1) is 6.04 Å². The maximum Gasteiger partial charge on any atom is 0.136 e. The average molecular weight is 249 g/mol. The van der Waals surface area contributed by atoms with Gasteiger partial charge < -0.3 is 4.79 Å². The van der Waals surface area contributed by atoms with Crippen LogP contribution in [-0.2, 0) is 11.2 Å². The number of hydrogen-bond donors (Lipinski definition) is 0. The molecule has 2 unspecified atom stereocenters. The first-order valence-electron chi connectivity index (χ1n) is 6.66. The zero-order valence-corrected chi connectivity index (χ0v) is 10.8. The van der Waals surface area contributed by atoms with Crippen molar-refractivity contribution in [1.29, 1.82) is 0 Å². The highest BCUT2D eigenvalue weighted by atomic mass is 19.1. The molecule has 1 aliphatic heterocycles. The van der Waals surface area contributed by atoms with E-state index in [0.29, 0.717) is 6.04 Å². The van der Waals surface area contributed by atoms with Crippen LogP contribution in [-0.4, -0.2) is 29.8 Å². The Labute approximate surface area is 108 Å². The fourth-order valence-corrected chi connectivity index (χ4v) is 2.81. The molecule has 18 heavy (non-hydrogen) atoms. The monoisotopic (exact) mass is 249 g/mol. The van der Waals surface area contributed by atoms with Crippen LogP contribution in [0.15, 0.2) is 24.3 Å². The molecule has 98 valence electrons. The van der Waals surface area contributed by atoms with Crippen molar-refractivity contribution in [2.45, 2.75) is 44.7 Å². The van der Waals surface area contributed by atoms with E-state index in [1.54, 1.807) is 12.1 Å². The van der Waals surface area contributed by atoms with Crippen molar-refractivity contribution >= 4 is 6.29 Å². The quantitative estimate of drug-likeness (QED) is 0.748. The molecule has 1 saturated heterocycles. The Kier molecular flexibility index (Phi) is 4.48. The SMILES string of the molecule is CC(C=O)N1CCCC1CCc1cccc(F)c1. The molecule has 0 radical (unpaired) electrons. The Hall–Kier alpha value is -1.22. The standard InChI is InChI=1S/C15H20FNO/c1-12(11-18)17-9-3-6-15(17)8-7-13-4-2-5-14(16)10-13/h2,4-5,10-12,15H,3,6-9H2,1H3. The van der Waals surface area contributed by atoms with E-state index in [4.69, 9.17) is 0 Å².